The van der Waals surface area contributed by atoms with Crippen molar-refractivity contribution in [2.75, 3.05) is 10.2 Å². The number of allylic oxidation sites excluding steroid dienone is 1. The monoisotopic (exact) mass is 566 g/mol. The summed E-state index contributed by atoms with van der Waals surface area (Å²) in [6, 6.07) is 31.0. The second-order valence-corrected chi connectivity index (χ2v) is 12.4. The lowest BCUT2D eigenvalue weighted by atomic mass is 9.64. The van der Waals surface area contributed by atoms with Crippen LogP contribution < -0.4 is 10.2 Å². The van der Waals surface area contributed by atoms with E-state index in [9.17, 15) is 9.59 Å². The van der Waals surface area contributed by atoms with E-state index in [1.165, 1.54) is 0 Å². The zero-order valence-electron chi connectivity index (χ0n) is 24.6. The molecule has 3 heterocycles. The Balaban J connectivity index is 1.50. The molecule has 1 amide bonds. The van der Waals surface area contributed by atoms with Crippen LogP contribution in [0, 0.1) is 11.8 Å². The van der Waals surface area contributed by atoms with Gasteiger partial charge in [-0.3, -0.25) is 14.4 Å². The number of nitrogens with zero attached hydrogens (tertiary/aromatic N) is 1. The highest BCUT2D eigenvalue weighted by atomic mass is 16.2. The fourth-order valence-corrected chi connectivity index (χ4v) is 7.62. The average molecular weight is 567 g/mol. The number of amides is 1. The van der Waals surface area contributed by atoms with E-state index in [4.69, 9.17) is 0 Å². The Kier molecular flexibility index (Phi) is 6.42. The van der Waals surface area contributed by atoms with Gasteiger partial charge in [0.1, 0.15) is 11.5 Å². The molecule has 0 radical (unpaired) electrons. The average Bonchev–Trinajstić information content (AvgIpc) is 3.49. The van der Waals surface area contributed by atoms with E-state index in [1.54, 1.807) is 12.1 Å². The molecule has 4 atom stereocenters. The largest absolute Gasteiger partial charge is 0.352 e. The number of nitrogens with one attached hydrogen (secondary N) is 1. The van der Waals surface area contributed by atoms with E-state index in [1.807, 2.05) is 97.9 Å². The Morgan fingerprint density at radius 2 is 1.47 bits per heavy atom. The van der Waals surface area contributed by atoms with Gasteiger partial charge in [0, 0.05) is 28.1 Å². The fourth-order valence-electron chi connectivity index (χ4n) is 7.62. The first-order valence-electron chi connectivity index (χ1n) is 15.0. The molecule has 0 bridgehead atoms. The molecule has 43 heavy (non-hydrogen) atoms. The summed E-state index contributed by atoms with van der Waals surface area (Å²) in [4.78, 5) is 46.3. The highest BCUT2D eigenvalue weighted by Crippen LogP contribution is 2.58. The number of carbonyl (C=O) groups is 3. The third-order valence-corrected chi connectivity index (χ3v) is 9.38. The van der Waals surface area contributed by atoms with Gasteiger partial charge in [0.05, 0.1) is 12.0 Å². The van der Waals surface area contributed by atoms with Gasteiger partial charge < -0.3 is 10.2 Å². The Morgan fingerprint density at radius 1 is 0.814 bits per heavy atom. The molecule has 4 aromatic rings. The van der Waals surface area contributed by atoms with Crippen molar-refractivity contribution in [2.45, 2.75) is 44.7 Å². The molecule has 0 aliphatic carbocycles. The van der Waals surface area contributed by atoms with Gasteiger partial charge in [-0.15, -0.1) is 0 Å². The van der Waals surface area contributed by atoms with Gasteiger partial charge >= 0.3 is 0 Å². The molecule has 5 nitrogen and oxygen atoms in total. The molecular formula is C38H34N2O3. The Bertz CT molecular complexity index is 1790. The first-order chi connectivity index (χ1) is 20.8. The first kappa shape index (κ1) is 27.1. The van der Waals surface area contributed by atoms with Crippen LogP contribution in [0.5, 0.6) is 0 Å². The lowest BCUT2D eigenvalue weighted by Crippen LogP contribution is -2.51. The predicted octanol–water partition coefficient (Wildman–Crippen LogP) is 7.13. The van der Waals surface area contributed by atoms with Gasteiger partial charge in [-0.2, -0.15) is 0 Å². The van der Waals surface area contributed by atoms with Crippen LogP contribution in [-0.2, 0) is 16.6 Å². The standard InChI is InChI=1S/C38H34N2O3/c1-23(2)21-25-17-19-27(20-18-25)35(41)33-34(36(42)26-11-5-4-6-12-26)40-31-16-10-7-13-28(31)24(3)22-32(40)38(33)29-14-8-9-15-30(29)39-37(38)43/h4-20,22-23,32-34H,21H2,1-3H3,(H,39,43)/t32-,33-,34-,38-/m0/s1. The zero-order chi connectivity index (χ0) is 29.9. The molecule has 7 rings (SSSR count). The van der Waals surface area contributed by atoms with Crippen LogP contribution in [0.2, 0.25) is 0 Å². The van der Waals surface area contributed by atoms with E-state index >= 15 is 4.79 Å². The lowest BCUT2D eigenvalue weighted by molar-refractivity contribution is -0.121. The summed E-state index contributed by atoms with van der Waals surface area (Å²) in [5.41, 5.74) is 5.19. The maximum absolute atomic E-state index is 15.0. The molecule has 214 valence electrons. The molecule has 0 unspecified atom stereocenters. The summed E-state index contributed by atoms with van der Waals surface area (Å²) in [5.74, 6) is -1.10. The molecule has 0 aromatic heterocycles. The third kappa shape index (κ3) is 4.02. The van der Waals surface area contributed by atoms with Crippen LogP contribution in [0.25, 0.3) is 5.57 Å². The third-order valence-electron chi connectivity index (χ3n) is 9.38. The highest BCUT2D eigenvalue weighted by Gasteiger charge is 2.70. The fraction of sp³-hybridized carbons (Fsp3) is 0.237. The van der Waals surface area contributed by atoms with Gasteiger partial charge in [-0.05, 0) is 48.1 Å². The molecule has 0 saturated carbocycles. The van der Waals surface area contributed by atoms with Crippen molar-refractivity contribution in [1.82, 2.24) is 0 Å². The van der Waals surface area contributed by atoms with E-state index in [0.717, 1.165) is 34.4 Å². The van der Waals surface area contributed by atoms with Gasteiger partial charge in [-0.25, -0.2) is 0 Å². The van der Waals surface area contributed by atoms with Gasteiger partial charge in [0.2, 0.25) is 5.91 Å². The van der Waals surface area contributed by atoms with E-state index in [2.05, 4.69) is 30.1 Å². The smallest absolute Gasteiger partial charge is 0.238 e. The summed E-state index contributed by atoms with van der Waals surface area (Å²) in [6.45, 7) is 6.38. The molecule has 5 heteroatoms. The van der Waals surface area contributed by atoms with Crippen molar-refractivity contribution in [2.24, 2.45) is 11.8 Å². The normalized spacial score (nSPS) is 23.4. The summed E-state index contributed by atoms with van der Waals surface area (Å²) in [6.07, 6.45) is 3.00. The summed E-state index contributed by atoms with van der Waals surface area (Å²) in [7, 11) is 0. The number of Topliss-reactive ketones (excluding diaryl/α,β-unsaturated/α-hetero) is 2. The molecule has 1 saturated heterocycles. The minimum absolute atomic E-state index is 0.169. The maximum atomic E-state index is 15.0. The number of hydrogen-bond acceptors (Lipinski definition) is 4. The molecule has 1 N–H and O–H groups in total. The highest BCUT2D eigenvalue weighted by molar-refractivity contribution is 6.18. The lowest BCUT2D eigenvalue weighted by Gasteiger charge is -2.39. The van der Waals surface area contributed by atoms with E-state index in [0.29, 0.717) is 22.7 Å². The van der Waals surface area contributed by atoms with Crippen molar-refractivity contribution in [3.8, 4) is 0 Å². The van der Waals surface area contributed by atoms with Crippen molar-refractivity contribution in [3.05, 3.63) is 137 Å². The van der Waals surface area contributed by atoms with Gasteiger partial charge in [-0.1, -0.05) is 111 Å². The van der Waals surface area contributed by atoms with Crippen molar-refractivity contribution < 1.29 is 14.4 Å². The molecule has 3 aliphatic heterocycles. The predicted molar refractivity (Wildman–Crippen MR) is 170 cm³/mol. The van der Waals surface area contributed by atoms with Crippen molar-refractivity contribution >= 4 is 34.4 Å². The summed E-state index contributed by atoms with van der Waals surface area (Å²) in [5, 5.41) is 3.11. The number of anilines is 2. The summed E-state index contributed by atoms with van der Waals surface area (Å²) < 4.78 is 0. The number of para-hydroxylation sites is 2. The minimum atomic E-state index is -1.31. The van der Waals surface area contributed by atoms with Gasteiger partial charge in [0.25, 0.3) is 0 Å². The SMILES string of the molecule is CC1=C[C@@H]2N(c3ccccc31)[C@H](C(=O)c1ccccc1)[C@@H](C(=O)c1ccc(CC(C)C)cc1)[C@@]21C(=O)Nc2ccccc21. The van der Waals surface area contributed by atoms with Crippen LogP contribution in [0.3, 0.4) is 0 Å². The van der Waals surface area contributed by atoms with Crippen LogP contribution in [0.4, 0.5) is 11.4 Å². The number of ketones is 2. The quantitative estimate of drug-likeness (QED) is 0.252. The number of benzene rings is 4. The molecule has 1 spiro atoms. The Hall–Kier alpha value is -4.77. The van der Waals surface area contributed by atoms with Crippen molar-refractivity contribution in [3.63, 3.8) is 0 Å². The maximum Gasteiger partial charge on any atom is 0.238 e. The van der Waals surface area contributed by atoms with E-state index in [-0.39, 0.29) is 17.5 Å². The van der Waals surface area contributed by atoms with Crippen LogP contribution >= 0.6 is 0 Å². The van der Waals surface area contributed by atoms with Crippen LogP contribution in [0.1, 0.15) is 58.2 Å². The number of hydrogen-bond donors (Lipinski definition) is 1. The van der Waals surface area contributed by atoms with Crippen molar-refractivity contribution in [1.29, 1.82) is 0 Å². The van der Waals surface area contributed by atoms with Gasteiger partial charge in [0.15, 0.2) is 11.6 Å². The summed E-state index contributed by atoms with van der Waals surface area (Å²) >= 11 is 0. The molecule has 3 aliphatic rings. The second-order valence-electron chi connectivity index (χ2n) is 12.4. The topological polar surface area (TPSA) is 66.5 Å². The minimum Gasteiger partial charge on any atom is -0.352 e. The van der Waals surface area contributed by atoms with Crippen LogP contribution in [0.15, 0.2) is 109 Å². The first-order valence-corrected chi connectivity index (χ1v) is 15.0. The second kappa shape index (κ2) is 10.2. The van der Waals surface area contributed by atoms with E-state index < -0.39 is 23.4 Å². The molecular weight excluding hydrogens is 532 g/mol. The zero-order valence-corrected chi connectivity index (χ0v) is 24.6. The molecule has 4 aromatic carbocycles. The number of fused-ring (bicyclic) bond motifs is 6. The van der Waals surface area contributed by atoms with Crippen LogP contribution in [-0.4, -0.2) is 29.6 Å². The number of carbonyl (C=O) groups excluding carboxylic acids is 3. The Morgan fingerprint density at radius 3 is 2.21 bits per heavy atom. The Labute approximate surface area is 252 Å². The number of rotatable bonds is 6. The molecule has 1 fully saturated rings.